The molecule has 1 aromatic rings. The summed E-state index contributed by atoms with van der Waals surface area (Å²) in [5, 5.41) is 28.7. The van der Waals surface area contributed by atoms with E-state index in [0.29, 0.717) is 4.57 Å². The average Bonchev–Trinajstić information content (AvgIpc) is 2.92. The minimum atomic E-state index is -5.90. The van der Waals surface area contributed by atoms with Gasteiger partial charge in [-0.3, -0.25) is 19.1 Å². The molecule has 4 unspecified atom stereocenters. The zero-order valence-corrected chi connectivity index (χ0v) is 17.0. The number of H-pyrrole nitrogens is 1. The second kappa shape index (κ2) is 9.02. The van der Waals surface area contributed by atoms with Gasteiger partial charge in [0.15, 0.2) is 6.23 Å². The van der Waals surface area contributed by atoms with E-state index in [-0.39, 0.29) is 23.2 Å². The van der Waals surface area contributed by atoms with Crippen LogP contribution in [-0.2, 0) is 20.5 Å². The van der Waals surface area contributed by atoms with Crippen LogP contribution >= 0.6 is 23.5 Å². The summed E-state index contributed by atoms with van der Waals surface area (Å²) < 4.78 is 17.1. The van der Waals surface area contributed by atoms with Crippen molar-refractivity contribution >= 4 is 29.4 Å². The fourth-order valence-corrected chi connectivity index (χ4v) is 3.82. The Balaban J connectivity index is 2.38. The molecule has 1 fully saturated rings. The fourth-order valence-electron chi connectivity index (χ4n) is 2.71. The monoisotopic (exact) mass is 497 g/mol. The third-order valence-electron chi connectivity index (χ3n) is 4.22. The number of carbonyl (C=O) groups excluding carboxylic acids is 1. The second-order valence-electron chi connectivity index (χ2n) is 6.05. The van der Waals surface area contributed by atoms with E-state index in [1.54, 1.807) is 0 Å². The summed E-state index contributed by atoms with van der Waals surface area (Å²) in [5.41, 5.74) is -1.97. The first-order valence-corrected chi connectivity index (χ1v) is 10.7. The van der Waals surface area contributed by atoms with Gasteiger partial charge in [0.1, 0.15) is 17.6 Å². The van der Waals surface area contributed by atoms with Crippen molar-refractivity contribution in [3.05, 3.63) is 44.9 Å². The molecular formula is C14H17BrN3O10P-2. The van der Waals surface area contributed by atoms with Crippen molar-refractivity contribution in [3.8, 4) is 0 Å². The molecule has 15 heteroatoms. The Bertz CT molecular complexity index is 956. The molecule has 1 aliphatic rings. The molecule has 1 aliphatic heterocycles. The average molecular weight is 498 g/mol. The van der Waals surface area contributed by atoms with Crippen LogP contribution in [-0.4, -0.2) is 60.3 Å². The van der Waals surface area contributed by atoms with Gasteiger partial charge >= 0.3 is 5.69 Å². The lowest BCUT2D eigenvalue weighted by Gasteiger charge is -2.46. The van der Waals surface area contributed by atoms with Crippen molar-refractivity contribution in [2.75, 3.05) is 11.9 Å². The minimum absolute atomic E-state index is 0.0480. The highest BCUT2D eigenvalue weighted by Gasteiger charge is 2.58. The maximum atomic E-state index is 12.1. The van der Waals surface area contributed by atoms with Gasteiger partial charge in [-0.15, -0.1) is 0 Å². The molecule has 29 heavy (non-hydrogen) atoms. The molecule has 2 heterocycles. The molecule has 1 aromatic heterocycles. The molecule has 0 aromatic carbocycles. The zero-order valence-electron chi connectivity index (χ0n) is 14.6. The van der Waals surface area contributed by atoms with Crippen molar-refractivity contribution < 1.29 is 39.2 Å². The van der Waals surface area contributed by atoms with Crippen LogP contribution in [0.1, 0.15) is 11.8 Å². The van der Waals surface area contributed by atoms with E-state index >= 15 is 0 Å². The first-order chi connectivity index (χ1) is 13.5. The highest BCUT2D eigenvalue weighted by atomic mass is 79.9. The van der Waals surface area contributed by atoms with Crippen molar-refractivity contribution in [2.45, 2.75) is 30.2 Å². The summed E-state index contributed by atoms with van der Waals surface area (Å²) >= 11 is 2.94. The van der Waals surface area contributed by atoms with Crippen LogP contribution in [0.2, 0.25) is 0 Å². The molecule has 0 bridgehead atoms. The predicted octanol–water partition coefficient (Wildman–Crippen LogP) is -4.04. The van der Waals surface area contributed by atoms with Gasteiger partial charge in [-0.05, 0) is 14.0 Å². The molecule has 4 atom stereocenters. The Kier molecular flexibility index (Phi) is 7.35. The van der Waals surface area contributed by atoms with E-state index in [1.807, 2.05) is 4.98 Å². The van der Waals surface area contributed by atoms with Gasteiger partial charge in [-0.1, -0.05) is 22.0 Å². The molecule has 5 N–H and O–H groups in total. The molecule has 1 amide bonds. The fraction of sp³-hybridized carbons (Fsp3) is 0.500. The van der Waals surface area contributed by atoms with Crippen LogP contribution in [0.3, 0.4) is 0 Å². The lowest BCUT2D eigenvalue weighted by Crippen LogP contribution is -2.54. The number of hydrogen-bond donors (Lipinski definition) is 5. The van der Waals surface area contributed by atoms with Crippen LogP contribution < -0.4 is 26.4 Å². The number of rotatable bonds is 7. The molecule has 0 spiro atoms. The van der Waals surface area contributed by atoms with E-state index in [0.717, 1.165) is 6.20 Å². The third-order valence-corrected chi connectivity index (χ3v) is 6.16. The summed E-state index contributed by atoms with van der Waals surface area (Å²) in [6, 6.07) is 0. The van der Waals surface area contributed by atoms with Gasteiger partial charge < -0.3 is 39.7 Å². The molecule has 1 saturated heterocycles. The van der Waals surface area contributed by atoms with Crippen molar-refractivity contribution in [1.29, 1.82) is 0 Å². The molecule has 0 radical (unpaired) electrons. The third kappa shape index (κ3) is 4.59. The first-order valence-electron chi connectivity index (χ1n) is 8.01. The number of nitrogens with one attached hydrogen (secondary N) is 2. The molecule has 0 saturated carbocycles. The summed E-state index contributed by atoms with van der Waals surface area (Å²) in [6.45, 7) is -1.14. The molecular weight excluding hydrogens is 481 g/mol. The lowest BCUT2D eigenvalue weighted by molar-refractivity contribution is -0.335. The highest BCUT2D eigenvalue weighted by Crippen LogP contribution is 2.53. The lowest BCUT2D eigenvalue weighted by atomic mass is 10.1. The number of alkyl halides is 1. The maximum absolute atomic E-state index is 12.1. The van der Waals surface area contributed by atoms with E-state index in [2.05, 4.69) is 21.2 Å². The van der Waals surface area contributed by atoms with E-state index in [9.17, 15) is 44.1 Å². The van der Waals surface area contributed by atoms with Crippen LogP contribution in [0, 0.1) is 0 Å². The second-order valence-corrected chi connectivity index (χ2v) is 8.32. The predicted molar refractivity (Wildman–Crippen MR) is 95.7 cm³/mol. The standard InChI is InChI=1S/C14H19BrN3O10P/c15-4-9(20)16-3-1-2-7-5-18(13(23)17-11(7)22)12-10(21)14(24,29(25,26)27)8(6-19)28-12/h1,3,5,8,10,12,19,21,24H,2,4,6H2,(H,16,20)(H,17,22,23)(H2,25,26,27)/p-2. The zero-order chi connectivity index (χ0) is 22.0. The number of aromatic amines is 1. The number of allylic oxidation sites excluding steroid dienone is 1. The largest absolute Gasteiger partial charge is 0.809 e. The smallest absolute Gasteiger partial charge is 0.330 e. The topological polar surface area (TPSA) is 217 Å². The van der Waals surface area contributed by atoms with Crippen molar-refractivity contribution in [3.63, 3.8) is 0 Å². The number of nitrogens with zero attached hydrogens (tertiary/aromatic N) is 1. The summed E-state index contributed by atoms with van der Waals surface area (Å²) in [4.78, 5) is 60.0. The summed E-state index contributed by atoms with van der Waals surface area (Å²) in [5.74, 6) is -0.350. The molecule has 2 rings (SSSR count). The minimum Gasteiger partial charge on any atom is -0.809 e. The number of hydrogen-bond acceptors (Lipinski definition) is 10. The molecule has 162 valence electrons. The number of aliphatic hydroxyl groups excluding tert-OH is 2. The van der Waals surface area contributed by atoms with Crippen molar-refractivity contribution in [1.82, 2.24) is 14.9 Å². The number of amides is 1. The van der Waals surface area contributed by atoms with Gasteiger partial charge in [0.05, 0.1) is 11.9 Å². The van der Waals surface area contributed by atoms with Gasteiger partial charge in [-0.25, -0.2) is 4.79 Å². The van der Waals surface area contributed by atoms with E-state index in [1.165, 1.54) is 12.3 Å². The van der Waals surface area contributed by atoms with Crippen LogP contribution in [0.4, 0.5) is 0 Å². The number of ether oxygens (including phenoxy) is 1. The van der Waals surface area contributed by atoms with Gasteiger partial charge in [0, 0.05) is 18.0 Å². The van der Waals surface area contributed by atoms with Crippen LogP contribution in [0.5, 0.6) is 0 Å². The summed E-state index contributed by atoms with van der Waals surface area (Å²) in [6.07, 6.45) is -2.85. The Hall–Kier alpha value is -1.64. The van der Waals surface area contributed by atoms with Gasteiger partial charge in [0.25, 0.3) is 5.56 Å². The molecule has 0 aliphatic carbocycles. The Morgan fingerprint density at radius 2 is 2.14 bits per heavy atom. The SMILES string of the molecule is O=C(CBr)NC=CCc1cn(C2OC(CO)C(O)(P(=O)([O-])[O-])C2O)c(=O)[nH]c1=O. The van der Waals surface area contributed by atoms with E-state index < -0.39 is 49.2 Å². The van der Waals surface area contributed by atoms with Gasteiger partial charge in [-0.2, -0.15) is 0 Å². The highest BCUT2D eigenvalue weighted by molar-refractivity contribution is 9.09. The maximum Gasteiger partial charge on any atom is 0.330 e. The van der Waals surface area contributed by atoms with Crippen LogP contribution in [0.15, 0.2) is 28.1 Å². The van der Waals surface area contributed by atoms with E-state index in [4.69, 9.17) is 4.74 Å². The van der Waals surface area contributed by atoms with Gasteiger partial charge in [0.2, 0.25) is 5.91 Å². The normalized spacial score (nSPS) is 27.4. The Morgan fingerprint density at radius 3 is 2.66 bits per heavy atom. The first kappa shape index (κ1) is 23.6. The number of aliphatic hydroxyl groups is 3. The number of halogens is 1. The number of aromatic nitrogens is 2. The Labute approximate surface area is 170 Å². The number of carbonyl (C=O) groups is 1. The Morgan fingerprint density at radius 1 is 1.48 bits per heavy atom. The van der Waals surface area contributed by atoms with Crippen molar-refractivity contribution in [2.24, 2.45) is 0 Å². The quantitative estimate of drug-likeness (QED) is 0.181. The molecule has 13 nitrogen and oxygen atoms in total. The summed E-state index contributed by atoms with van der Waals surface area (Å²) in [7, 11) is -5.90. The van der Waals surface area contributed by atoms with Crippen LogP contribution in [0.25, 0.3) is 0 Å².